The zero-order chi connectivity index (χ0) is 22.7. The number of esters is 1. The number of nitro benzene ring substituents is 1. The lowest BCUT2D eigenvalue weighted by molar-refractivity contribution is -0.580. The van der Waals surface area contributed by atoms with E-state index in [2.05, 4.69) is 4.98 Å². The third kappa shape index (κ3) is 3.99. The zero-order valence-corrected chi connectivity index (χ0v) is 16.5. The molecule has 32 heavy (non-hydrogen) atoms. The number of carbonyl (C=O) groups is 2. The molecule has 0 atom stereocenters. The highest BCUT2D eigenvalue weighted by molar-refractivity contribution is 6.07. The van der Waals surface area contributed by atoms with E-state index in [1.54, 1.807) is 54.6 Å². The first kappa shape index (κ1) is 20.6. The van der Waals surface area contributed by atoms with Crippen molar-refractivity contribution in [2.45, 2.75) is 6.61 Å². The van der Waals surface area contributed by atoms with E-state index in [-0.39, 0.29) is 33.7 Å². The molecule has 0 aliphatic heterocycles. The van der Waals surface area contributed by atoms with E-state index in [4.69, 9.17) is 4.74 Å². The molecular formula is C23H15N3O6. The van der Waals surface area contributed by atoms with Gasteiger partial charge in [0.25, 0.3) is 17.2 Å². The van der Waals surface area contributed by atoms with Crippen LogP contribution in [0.3, 0.4) is 0 Å². The van der Waals surface area contributed by atoms with Crippen molar-refractivity contribution < 1.29 is 24.0 Å². The van der Waals surface area contributed by atoms with Crippen molar-refractivity contribution in [1.29, 1.82) is 0 Å². The molecule has 0 N–H and O–H groups in total. The van der Waals surface area contributed by atoms with Crippen LogP contribution in [0, 0.1) is 15.3 Å². The molecule has 0 amide bonds. The van der Waals surface area contributed by atoms with Gasteiger partial charge < -0.3 is 9.94 Å². The Balaban J connectivity index is 1.68. The Kier molecular flexibility index (Phi) is 5.54. The Morgan fingerprint density at radius 1 is 0.906 bits per heavy atom. The number of para-hydroxylation sites is 2. The third-order valence-corrected chi connectivity index (χ3v) is 4.74. The van der Waals surface area contributed by atoms with Gasteiger partial charge in [0, 0.05) is 23.8 Å². The molecule has 0 spiro atoms. The standard InChI is InChI=1S/C23H15N3O6/c27-22(15-6-2-1-3-7-15)21-19(24-18-8-4-5-9-20(18)25(21)29)14-32-23(28)16-10-12-17(13-11-16)26(30)31/h1-13H,14H2. The summed E-state index contributed by atoms with van der Waals surface area (Å²) in [4.78, 5) is 40.1. The van der Waals surface area contributed by atoms with Crippen molar-refractivity contribution in [2.24, 2.45) is 0 Å². The van der Waals surface area contributed by atoms with E-state index < -0.39 is 23.3 Å². The van der Waals surface area contributed by atoms with Gasteiger partial charge in [-0.05, 0) is 18.2 Å². The van der Waals surface area contributed by atoms with Crippen LogP contribution in [0.5, 0.6) is 0 Å². The van der Waals surface area contributed by atoms with Gasteiger partial charge in [0.05, 0.1) is 10.5 Å². The number of carbonyl (C=O) groups excluding carboxylic acids is 2. The second-order valence-electron chi connectivity index (χ2n) is 6.77. The van der Waals surface area contributed by atoms with Gasteiger partial charge in [0.2, 0.25) is 5.52 Å². The van der Waals surface area contributed by atoms with Crippen molar-refractivity contribution in [1.82, 2.24) is 4.98 Å². The molecule has 0 saturated carbocycles. The number of hydrogen-bond donors (Lipinski definition) is 0. The third-order valence-electron chi connectivity index (χ3n) is 4.74. The van der Waals surface area contributed by atoms with Crippen LogP contribution in [0.15, 0.2) is 78.9 Å². The maximum Gasteiger partial charge on any atom is 0.338 e. The Labute approximate surface area is 181 Å². The molecule has 0 unspecified atom stereocenters. The molecule has 1 heterocycles. The number of ether oxygens (including phenoxy) is 1. The number of aromatic nitrogens is 2. The van der Waals surface area contributed by atoms with E-state index in [1.165, 1.54) is 24.3 Å². The monoisotopic (exact) mass is 429 g/mol. The Hall–Kier alpha value is -4.66. The molecule has 0 saturated heterocycles. The minimum Gasteiger partial charge on any atom is -0.618 e. The fourth-order valence-corrected chi connectivity index (χ4v) is 3.15. The molecule has 9 heteroatoms. The SMILES string of the molecule is O=C(OCc1nc2ccccc2[n+]([O-])c1C(=O)c1ccccc1)c1ccc([N+](=O)[O-])cc1. The lowest BCUT2D eigenvalue weighted by atomic mass is 10.1. The van der Waals surface area contributed by atoms with E-state index in [1.807, 2.05) is 0 Å². The number of ketones is 1. The minimum absolute atomic E-state index is 0.00261. The average Bonchev–Trinajstić information content (AvgIpc) is 2.83. The maximum absolute atomic E-state index is 13.1. The number of hydrogen-bond acceptors (Lipinski definition) is 7. The lowest BCUT2D eigenvalue weighted by Crippen LogP contribution is -2.38. The fraction of sp³-hybridized carbons (Fsp3) is 0.0435. The molecule has 9 nitrogen and oxygen atoms in total. The molecule has 3 aromatic carbocycles. The normalized spacial score (nSPS) is 10.6. The summed E-state index contributed by atoms with van der Waals surface area (Å²) in [7, 11) is 0. The van der Waals surface area contributed by atoms with Crippen molar-refractivity contribution in [3.63, 3.8) is 0 Å². The summed E-state index contributed by atoms with van der Waals surface area (Å²) in [5.74, 6) is -1.33. The quantitative estimate of drug-likeness (QED) is 0.115. The van der Waals surface area contributed by atoms with Crippen LogP contribution >= 0.6 is 0 Å². The highest BCUT2D eigenvalue weighted by Crippen LogP contribution is 2.17. The van der Waals surface area contributed by atoms with Gasteiger partial charge in [-0.25, -0.2) is 9.78 Å². The van der Waals surface area contributed by atoms with Crippen molar-refractivity contribution >= 4 is 28.5 Å². The smallest absolute Gasteiger partial charge is 0.338 e. The fourth-order valence-electron chi connectivity index (χ4n) is 3.15. The van der Waals surface area contributed by atoms with Gasteiger partial charge in [0.15, 0.2) is 5.69 Å². The molecule has 0 fully saturated rings. The summed E-state index contributed by atoms with van der Waals surface area (Å²) < 4.78 is 5.76. The minimum atomic E-state index is -0.773. The number of nitrogens with zero attached hydrogens (tertiary/aromatic N) is 3. The number of benzene rings is 3. The second kappa shape index (κ2) is 8.60. The summed E-state index contributed by atoms with van der Waals surface area (Å²) >= 11 is 0. The predicted octanol–water partition coefficient (Wildman–Crippen LogP) is 3.36. The summed E-state index contributed by atoms with van der Waals surface area (Å²) in [5, 5.41) is 23.8. The van der Waals surface area contributed by atoms with Crippen LogP contribution in [0.2, 0.25) is 0 Å². The summed E-state index contributed by atoms with van der Waals surface area (Å²) in [6.07, 6.45) is 0. The van der Waals surface area contributed by atoms with Crippen LogP contribution in [0.1, 0.15) is 32.1 Å². The van der Waals surface area contributed by atoms with Crippen molar-refractivity contribution in [3.8, 4) is 0 Å². The summed E-state index contributed by atoms with van der Waals surface area (Å²) in [5.41, 5.74) is 0.514. The van der Waals surface area contributed by atoms with E-state index in [0.717, 1.165) is 0 Å². The van der Waals surface area contributed by atoms with E-state index in [9.17, 15) is 24.9 Å². The van der Waals surface area contributed by atoms with Gasteiger partial charge in [0.1, 0.15) is 12.1 Å². The van der Waals surface area contributed by atoms with Gasteiger partial charge in [-0.3, -0.25) is 14.9 Å². The van der Waals surface area contributed by atoms with Gasteiger partial charge in [-0.15, -0.1) is 0 Å². The highest BCUT2D eigenvalue weighted by atomic mass is 16.6. The van der Waals surface area contributed by atoms with Crippen LogP contribution in [0.4, 0.5) is 5.69 Å². The number of non-ortho nitro benzene ring substituents is 1. The van der Waals surface area contributed by atoms with Crippen LogP contribution in [-0.4, -0.2) is 21.7 Å². The van der Waals surface area contributed by atoms with Gasteiger partial charge >= 0.3 is 5.97 Å². The molecule has 0 radical (unpaired) electrons. The van der Waals surface area contributed by atoms with Crippen LogP contribution in [-0.2, 0) is 11.3 Å². The Morgan fingerprint density at radius 2 is 1.56 bits per heavy atom. The molecular weight excluding hydrogens is 414 g/mol. The first-order chi connectivity index (χ1) is 15.5. The molecule has 1 aromatic heterocycles. The van der Waals surface area contributed by atoms with Crippen molar-refractivity contribution in [2.75, 3.05) is 0 Å². The first-order valence-electron chi connectivity index (χ1n) is 9.48. The van der Waals surface area contributed by atoms with Crippen LogP contribution in [0.25, 0.3) is 11.0 Å². The maximum atomic E-state index is 13.1. The highest BCUT2D eigenvalue weighted by Gasteiger charge is 2.28. The molecule has 0 aliphatic carbocycles. The number of fused-ring (bicyclic) bond motifs is 1. The molecule has 4 aromatic rings. The predicted molar refractivity (Wildman–Crippen MR) is 113 cm³/mol. The van der Waals surface area contributed by atoms with Crippen LogP contribution < -0.4 is 4.73 Å². The average molecular weight is 429 g/mol. The Morgan fingerprint density at radius 3 is 2.25 bits per heavy atom. The molecule has 0 aliphatic rings. The number of nitro groups is 1. The van der Waals surface area contributed by atoms with Gasteiger partial charge in [-0.1, -0.05) is 42.5 Å². The molecule has 4 rings (SSSR count). The second-order valence-corrected chi connectivity index (χ2v) is 6.77. The summed E-state index contributed by atoms with van der Waals surface area (Å²) in [6.45, 7) is -0.434. The number of rotatable bonds is 6. The van der Waals surface area contributed by atoms with E-state index >= 15 is 0 Å². The van der Waals surface area contributed by atoms with Crippen molar-refractivity contribution in [3.05, 3.63) is 117 Å². The zero-order valence-electron chi connectivity index (χ0n) is 16.5. The van der Waals surface area contributed by atoms with E-state index in [0.29, 0.717) is 10.2 Å². The lowest BCUT2D eigenvalue weighted by Gasteiger charge is -2.12. The summed E-state index contributed by atoms with van der Waals surface area (Å²) in [6, 6.07) is 19.6. The topological polar surface area (TPSA) is 126 Å². The first-order valence-corrected chi connectivity index (χ1v) is 9.48. The molecule has 158 valence electrons. The molecule has 0 bridgehead atoms. The largest absolute Gasteiger partial charge is 0.618 e. The Bertz CT molecular complexity index is 1340. The van der Waals surface area contributed by atoms with Gasteiger partial charge in [-0.2, -0.15) is 4.73 Å².